The van der Waals surface area contributed by atoms with Crippen molar-refractivity contribution in [2.45, 2.75) is 33.3 Å². The second-order valence-corrected chi connectivity index (χ2v) is 8.54. The fourth-order valence-electron chi connectivity index (χ4n) is 2.93. The van der Waals surface area contributed by atoms with Gasteiger partial charge in [-0.2, -0.15) is 9.78 Å². The van der Waals surface area contributed by atoms with Crippen LogP contribution in [0.25, 0.3) is 10.9 Å². The third-order valence-corrected chi connectivity index (χ3v) is 5.57. The first-order chi connectivity index (χ1) is 15.2. The summed E-state index contributed by atoms with van der Waals surface area (Å²) in [7, 11) is 0. The van der Waals surface area contributed by atoms with Gasteiger partial charge in [-0.3, -0.25) is 4.79 Å². The first kappa shape index (κ1) is 23.9. The zero-order valence-electron chi connectivity index (χ0n) is 17.6. The Balaban J connectivity index is 2.06. The molecule has 2 aromatic carbocycles. The molecule has 0 aliphatic rings. The quantitative estimate of drug-likeness (QED) is 0.399. The molecule has 0 aliphatic heterocycles. The van der Waals surface area contributed by atoms with Crippen molar-refractivity contribution >= 4 is 54.9 Å². The van der Waals surface area contributed by atoms with Crippen LogP contribution in [0, 0.1) is 0 Å². The van der Waals surface area contributed by atoms with Crippen molar-refractivity contribution in [1.82, 2.24) is 9.66 Å². The molecule has 8 nitrogen and oxygen atoms in total. The number of halogens is 2. The van der Waals surface area contributed by atoms with Gasteiger partial charge in [-0.25, -0.2) is 9.78 Å². The number of hydrogen-bond donors (Lipinski definition) is 1. The fraction of sp³-hybridized carbons (Fsp3) is 0.273. The minimum Gasteiger partial charge on any atom is -0.490 e. The van der Waals surface area contributed by atoms with Crippen molar-refractivity contribution in [2.75, 3.05) is 6.61 Å². The Hall–Kier alpha value is -2.72. The van der Waals surface area contributed by atoms with Gasteiger partial charge in [-0.15, -0.1) is 0 Å². The minimum absolute atomic E-state index is 0.274. The molecule has 0 bridgehead atoms. The molecule has 1 N–H and O–H groups in total. The Morgan fingerprint density at radius 3 is 2.69 bits per heavy atom. The lowest BCUT2D eigenvalue weighted by Crippen LogP contribution is -2.23. The van der Waals surface area contributed by atoms with E-state index in [1.807, 2.05) is 19.9 Å². The first-order valence-electron chi connectivity index (χ1n) is 9.86. The number of carboxylic acids is 1. The molecule has 0 saturated carbocycles. The van der Waals surface area contributed by atoms with E-state index in [1.165, 1.54) is 17.8 Å². The number of aromatic nitrogens is 2. The van der Waals surface area contributed by atoms with E-state index < -0.39 is 12.1 Å². The van der Waals surface area contributed by atoms with Gasteiger partial charge in [0, 0.05) is 10.9 Å². The molecule has 10 heteroatoms. The maximum atomic E-state index is 13.0. The molecule has 0 aliphatic carbocycles. The number of carboxylic acid groups (broad SMARTS) is 1. The van der Waals surface area contributed by atoms with Crippen LogP contribution in [0.2, 0.25) is 0 Å². The average Bonchev–Trinajstić information content (AvgIpc) is 2.75. The lowest BCUT2D eigenvalue weighted by Gasteiger charge is -2.17. The Kier molecular flexibility index (Phi) is 7.68. The van der Waals surface area contributed by atoms with Crippen LogP contribution in [-0.4, -0.2) is 39.7 Å². The van der Waals surface area contributed by atoms with E-state index in [2.05, 4.69) is 41.9 Å². The van der Waals surface area contributed by atoms with Crippen LogP contribution < -0.4 is 15.0 Å². The Morgan fingerprint density at radius 2 is 2.03 bits per heavy atom. The molecular weight excluding hydrogens is 546 g/mol. The van der Waals surface area contributed by atoms with Crippen LogP contribution in [0.1, 0.15) is 32.2 Å². The summed E-state index contributed by atoms with van der Waals surface area (Å²) in [6, 6.07) is 8.72. The molecule has 1 aromatic heterocycles. The third kappa shape index (κ3) is 5.18. The molecule has 3 rings (SSSR count). The number of hydrogen-bond acceptors (Lipinski definition) is 6. The second kappa shape index (κ2) is 10.3. The average molecular weight is 567 g/mol. The van der Waals surface area contributed by atoms with Gasteiger partial charge in [0.15, 0.2) is 17.6 Å². The lowest BCUT2D eigenvalue weighted by molar-refractivity contribution is -0.144. The van der Waals surface area contributed by atoms with Gasteiger partial charge in [-0.1, -0.05) is 22.9 Å². The van der Waals surface area contributed by atoms with E-state index in [0.29, 0.717) is 45.5 Å². The lowest BCUT2D eigenvalue weighted by atomic mass is 10.2. The van der Waals surface area contributed by atoms with Crippen LogP contribution in [0.5, 0.6) is 11.5 Å². The summed E-state index contributed by atoms with van der Waals surface area (Å²) in [6.45, 7) is 5.50. The van der Waals surface area contributed by atoms with E-state index in [-0.39, 0.29) is 11.3 Å². The summed E-state index contributed by atoms with van der Waals surface area (Å²) in [5, 5.41) is 14.0. The zero-order chi connectivity index (χ0) is 23.4. The van der Waals surface area contributed by atoms with Gasteiger partial charge in [0.2, 0.25) is 0 Å². The standard InChI is InChI=1S/C22H21Br2N3O5/c1-4-19-26-17-7-6-14(23)10-15(17)21(28)27(19)25-11-13-8-16(24)20(18(9-13)31-5-2)32-12(3)22(29)30/h6-12H,4-5H2,1-3H3,(H,29,30)/t12-/m1/s1. The summed E-state index contributed by atoms with van der Waals surface area (Å²) in [5.74, 6) is 0.0786. The minimum atomic E-state index is -1.09. The van der Waals surface area contributed by atoms with Crippen molar-refractivity contribution in [3.8, 4) is 11.5 Å². The summed E-state index contributed by atoms with van der Waals surface area (Å²) in [4.78, 5) is 28.8. The Morgan fingerprint density at radius 1 is 1.28 bits per heavy atom. The SMILES string of the molecule is CCOc1cc(C=Nn2c(CC)nc3ccc(Br)cc3c2=O)cc(Br)c1O[C@H](C)C(=O)O. The van der Waals surface area contributed by atoms with E-state index in [0.717, 1.165) is 4.47 Å². The van der Waals surface area contributed by atoms with Gasteiger partial charge in [-0.05, 0) is 65.7 Å². The predicted molar refractivity (Wildman–Crippen MR) is 129 cm³/mol. The topological polar surface area (TPSA) is 103 Å². The fourth-order valence-corrected chi connectivity index (χ4v) is 3.85. The smallest absolute Gasteiger partial charge is 0.344 e. The second-order valence-electron chi connectivity index (χ2n) is 6.77. The van der Waals surface area contributed by atoms with Gasteiger partial charge in [0.25, 0.3) is 5.56 Å². The van der Waals surface area contributed by atoms with Crippen molar-refractivity contribution < 1.29 is 19.4 Å². The molecule has 1 heterocycles. The molecule has 168 valence electrons. The molecule has 0 amide bonds. The van der Waals surface area contributed by atoms with Gasteiger partial charge in [0.1, 0.15) is 5.82 Å². The Labute approximate surface area is 201 Å². The molecule has 1 atom stereocenters. The number of fused-ring (bicyclic) bond motifs is 1. The number of nitrogens with zero attached hydrogens (tertiary/aromatic N) is 3. The zero-order valence-corrected chi connectivity index (χ0v) is 20.8. The highest BCUT2D eigenvalue weighted by Gasteiger charge is 2.19. The largest absolute Gasteiger partial charge is 0.490 e. The van der Waals surface area contributed by atoms with E-state index in [1.54, 1.807) is 24.3 Å². The first-order valence-corrected chi connectivity index (χ1v) is 11.4. The number of benzene rings is 2. The van der Waals surface area contributed by atoms with Crippen molar-refractivity contribution in [3.05, 3.63) is 61.0 Å². The number of carbonyl (C=O) groups is 1. The molecule has 0 unspecified atom stereocenters. The Bertz CT molecular complexity index is 1260. The molecular formula is C22H21Br2N3O5. The number of ether oxygens (including phenoxy) is 2. The molecule has 0 radical (unpaired) electrons. The monoisotopic (exact) mass is 565 g/mol. The van der Waals surface area contributed by atoms with Gasteiger partial charge >= 0.3 is 5.97 Å². The predicted octanol–water partition coefficient (Wildman–Crippen LogP) is 4.62. The highest BCUT2D eigenvalue weighted by atomic mass is 79.9. The van der Waals surface area contributed by atoms with Crippen molar-refractivity contribution in [3.63, 3.8) is 0 Å². The summed E-state index contributed by atoms with van der Waals surface area (Å²) >= 11 is 6.79. The maximum absolute atomic E-state index is 13.0. The summed E-state index contributed by atoms with van der Waals surface area (Å²) in [5.41, 5.74) is 0.958. The van der Waals surface area contributed by atoms with E-state index in [9.17, 15) is 9.59 Å². The third-order valence-electron chi connectivity index (χ3n) is 4.49. The van der Waals surface area contributed by atoms with Crippen LogP contribution in [-0.2, 0) is 11.2 Å². The van der Waals surface area contributed by atoms with Crippen LogP contribution in [0.3, 0.4) is 0 Å². The van der Waals surface area contributed by atoms with E-state index >= 15 is 0 Å². The highest BCUT2D eigenvalue weighted by molar-refractivity contribution is 9.10. The van der Waals surface area contributed by atoms with Crippen LogP contribution in [0.15, 0.2) is 49.2 Å². The molecule has 32 heavy (non-hydrogen) atoms. The summed E-state index contributed by atoms with van der Waals surface area (Å²) in [6.07, 6.45) is 0.981. The van der Waals surface area contributed by atoms with Crippen LogP contribution in [0.4, 0.5) is 0 Å². The van der Waals surface area contributed by atoms with Crippen LogP contribution >= 0.6 is 31.9 Å². The number of aryl methyl sites for hydroxylation is 1. The van der Waals surface area contributed by atoms with Crippen molar-refractivity contribution in [1.29, 1.82) is 0 Å². The van der Waals surface area contributed by atoms with E-state index in [4.69, 9.17) is 14.6 Å². The molecule has 0 spiro atoms. The highest BCUT2D eigenvalue weighted by Crippen LogP contribution is 2.37. The number of aliphatic carboxylic acids is 1. The van der Waals surface area contributed by atoms with Crippen molar-refractivity contribution in [2.24, 2.45) is 5.10 Å². The molecule has 3 aromatic rings. The van der Waals surface area contributed by atoms with Gasteiger partial charge < -0.3 is 14.6 Å². The maximum Gasteiger partial charge on any atom is 0.344 e. The summed E-state index contributed by atoms with van der Waals surface area (Å²) < 4.78 is 13.7. The molecule has 0 fully saturated rings. The number of rotatable bonds is 8. The van der Waals surface area contributed by atoms with Gasteiger partial charge in [0.05, 0.1) is 28.2 Å². The molecule has 0 saturated heterocycles. The normalized spacial score (nSPS) is 12.3.